The Bertz CT molecular complexity index is 1160. The fourth-order valence-corrected chi connectivity index (χ4v) is 3.74. The lowest BCUT2D eigenvalue weighted by Gasteiger charge is -2.23. The van der Waals surface area contributed by atoms with E-state index in [9.17, 15) is 19.7 Å². The number of fused-ring (bicyclic) bond motifs is 1. The molecule has 0 aromatic heterocycles. The first-order chi connectivity index (χ1) is 15.5. The summed E-state index contributed by atoms with van der Waals surface area (Å²) in [5, 5.41) is 16.3. The average molecular weight is 430 g/mol. The van der Waals surface area contributed by atoms with Crippen LogP contribution in [0.1, 0.15) is 22.3 Å². The van der Waals surface area contributed by atoms with Crippen LogP contribution in [0.4, 0.5) is 22.7 Å². The van der Waals surface area contributed by atoms with Crippen LogP contribution >= 0.6 is 0 Å². The molecule has 0 aliphatic carbocycles. The molecule has 1 aliphatic heterocycles. The number of nitrogens with zero attached hydrogens (tertiary/aromatic N) is 2. The molecule has 3 aromatic rings. The third-order valence-electron chi connectivity index (χ3n) is 5.33. The van der Waals surface area contributed by atoms with Gasteiger partial charge in [-0.3, -0.25) is 19.7 Å². The smallest absolute Gasteiger partial charge is 0.269 e. The van der Waals surface area contributed by atoms with E-state index in [1.807, 2.05) is 36.4 Å². The minimum atomic E-state index is -0.523. The number of nitro benzene ring substituents is 1. The van der Waals surface area contributed by atoms with Gasteiger partial charge in [0.2, 0.25) is 5.91 Å². The standard InChI is InChI=1S/C24H22N4O4/c29-23(13-15-25-24(30)18-9-11-19(12-10-18)28(31)32)26-20-6-2-4-8-22(20)27-16-14-17-5-1-3-7-21(17)27/h1-12H,13-16H2,(H,25,30)(H,26,29). The zero-order chi connectivity index (χ0) is 22.5. The number of nitro groups is 1. The van der Waals surface area contributed by atoms with Crippen molar-refractivity contribution in [2.24, 2.45) is 0 Å². The minimum Gasteiger partial charge on any atom is -0.352 e. The molecule has 3 aromatic carbocycles. The number of rotatable bonds is 7. The summed E-state index contributed by atoms with van der Waals surface area (Å²) in [5.74, 6) is -0.601. The first kappa shape index (κ1) is 21.0. The normalized spacial score (nSPS) is 12.2. The van der Waals surface area contributed by atoms with E-state index in [1.165, 1.54) is 29.8 Å². The highest BCUT2D eigenvalue weighted by atomic mass is 16.6. The summed E-state index contributed by atoms with van der Waals surface area (Å²) in [5.41, 5.74) is 4.29. The lowest BCUT2D eigenvalue weighted by atomic mass is 10.1. The highest BCUT2D eigenvalue weighted by Crippen LogP contribution is 2.38. The van der Waals surface area contributed by atoms with E-state index >= 15 is 0 Å². The van der Waals surface area contributed by atoms with E-state index in [1.54, 1.807) is 0 Å². The number of para-hydroxylation sites is 3. The van der Waals surface area contributed by atoms with Crippen LogP contribution in [0.3, 0.4) is 0 Å². The van der Waals surface area contributed by atoms with Gasteiger partial charge < -0.3 is 15.5 Å². The molecule has 0 saturated carbocycles. The number of carbonyl (C=O) groups excluding carboxylic acids is 2. The summed E-state index contributed by atoms with van der Waals surface area (Å²) < 4.78 is 0. The van der Waals surface area contributed by atoms with E-state index in [-0.39, 0.29) is 30.5 Å². The summed E-state index contributed by atoms with van der Waals surface area (Å²) >= 11 is 0. The zero-order valence-corrected chi connectivity index (χ0v) is 17.3. The number of carbonyl (C=O) groups is 2. The molecule has 0 saturated heterocycles. The van der Waals surface area contributed by atoms with Gasteiger partial charge in [-0.25, -0.2) is 0 Å². The Kier molecular flexibility index (Phi) is 6.12. The average Bonchev–Trinajstić information content (AvgIpc) is 3.23. The van der Waals surface area contributed by atoms with E-state index in [0.717, 1.165) is 30.0 Å². The number of anilines is 3. The summed E-state index contributed by atoms with van der Waals surface area (Å²) in [6.07, 6.45) is 1.05. The van der Waals surface area contributed by atoms with Gasteiger partial charge in [0.05, 0.1) is 16.3 Å². The molecule has 0 spiro atoms. The molecule has 32 heavy (non-hydrogen) atoms. The number of hydrogen-bond donors (Lipinski definition) is 2. The van der Waals surface area contributed by atoms with E-state index in [0.29, 0.717) is 5.56 Å². The quantitative estimate of drug-likeness (QED) is 0.435. The van der Waals surface area contributed by atoms with Crippen LogP contribution < -0.4 is 15.5 Å². The van der Waals surface area contributed by atoms with Gasteiger partial charge in [-0.2, -0.15) is 0 Å². The molecular formula is C24H22N4O4. The molecule has 4 rings (SSSR count). The van der Waals surface area contributed by atoms with Crippen molar-refractivity contribution in [3.8, 4) is 0 Å². The maximum atomic E-state index is 12.5. The van der Waals surface area contributed by atoms with Crippen molar-refractivity contribution in [1.29, 1.82) is 0 Å². The number of nitrogens with one attached hydrogen (secondary N) is 2. The SMILES string of the molecule is O=C(CCNC(=O)c1ccc([N+](=O)[O-])cc1)Nc1ccccc1N1CCc2ccccc21. The van der Waals surface area contributed by atoms with Gasteiger partial charge >= 0.3 is 0 Å². The lowest BCUT2D eigenvalue weighted by Crippen LogP contribution is -2.28. The molecule has 0 fully saturated rings. The summed E-state index contributed by atoms with van der Waals surface area (Å²) in [6, 6.07) is 21.2. The van der Waals surface area contributed by atoms with Crippen LogP contribution in [0.2, 0.25) is 0 Å². The van der Waals surface area contributed by atoms with Gasteiger partial charge in [0.15, 0.2) is 0 Å². The van der Waals surface area contributed by atoms with Crippen LogP contribution in [0, 0.1) is 10.1 Å². The molecule has 0 bridgehead atoms. The fraction of sp³-hybridized carbons (Fsp3) is 0.167. The van der Waals surface area contributed by atoms with Crippen LogP contribution in [0.5, 0.6) is 0 Å². The molecule has 0 unspecified atom stereocenters. The maximum absolute atomic E-state index is 12.5. The van der Waals surface area contributed by atoms with Gasteiger partial charge in [-0.1, -0.05) is 30.3 Å². The van der Waals surface area contributed by atoms with E-state index in [2.05, 4.69) is 27.7 Å². The fourth-order valence-electron chi connectivity index (χ4n) is 3.74. The van der Waals surface area contributed by atoms with Crippen molar-refractivity contribution < 1.29 is 14.5 Å². The largest absolute Gasteiger partial charge is 0.352 e. The van der Waals surface area contributed by atoms with Crippen molar-refractivity contribution in [2.45, 2.75) is 12.8 Å². The summed E-state index contributed by atoms with van der Waals surface area (Å²) in [4.78, 5) is 37.1. The van der Waals surface area contributed by atoms with Crippen LogP contribution in [-0.4, -0.2) is 29.8 Å². The van der Waals surface area contributed by atoms with Crippen molar-refractivity contribution in [1.82, 2.24) is 5.32 Å². The molecule has 1 aliphatic rings. The first-order valence-corrected chi connectivity index (χ1v) is 10.3. The highest BCUT2D eigenvalue weighted by molar-refractivity contribution is 5.97. The Balaban J connectivity index is 1.34. The summed E-state index contributed by atoms with van der Waals surface area (Å²) in [7, 11) is 0. The zero-order valence-electron chi connectivity index (χ0n) is 17.3. The van der Waals surface area contributed by atoms with Gasteiger partial charge in [0.1, 0.15) is 0 Å². The van der Waals surface area contributed by atoms with Gasteiger partial charge in [-0.05, 0) is 42.3 Å². The molecule has 0 atom stereocenters. The molecule has 162 valence electrons. The molecule has 0 radical (unpaired) electrons. The van der Waals surface area contributed by atoms with Crippen LogP contribution in [0.25, 0.3) is 0 Å². The minimum absolute atomic E-state index is 0.0831. The molecule has 2 amide bonds. The predicted molar refractivity (Wildman–Crippen MR) is 122 cm³/mol. The van der Waals surface area contributed by atoms with Gasteiger partial charge in [0.25, 0.3) is 11.6 Å². The molecule has 8 nitrogen and oxygen atoms in total. The maximum Gasteiger partial charge on any atom is 0.269 e. The summed E-state index contributed by atoms with van der Waals surface area (Å²) in [6.45, 7) is 0.994. The predicted octanol–water partition coefficient (Wildman–Crippen LogP) is 4.05. The van der Waals surface area contributed by atoms with E-state index < -0.39 is 4.92 Å². The molecule has 2 N–H and O–H groups in total. The molecular weight excluding hydrogens is 408 g/mol. The monoisotopic (exact) mass is 430 g/mol. The Morgan fingerprint density at radius 1 is 0.938 bits per heavy atom. The van der Waals surface area contributed by atoms with Crippen molar-refractivity contribution in [2.75, 3.05) is 23.3 Å². The number of amides is 2. The second-order valence-electron chi connectivity index (χ2n) is 7.41. The highest BCUT2D eigenvalue weighted by Gasteiger charge is 2.22. The van der Waals surface area contributed by atoms with Gasteiger partial charge in [0, 0.05) is 42.9 Å². The first-order valence-electron chi connectivity index (χ1n) is 10.3. The van der Waals surface area contributed by atoms with Crippen LogP contribution in [-0.2, 0) is 11.2 Å². The number of hydrogen-bond acceptors (Lipinski definition) is 5. The molecule has 1 heterocycles. The van der Waals surface area contributed by atoms with Gasteiger partial charge in [-0.15, -0.1) is 0 Å². The number of benzene rings is 3. The van der Waals surface area contributed by atoms with E-state index in [4.69, 9.17) is 0 Å². The Morgan fingerprint density at radius 3 is 2.38 bits per heavy atom. The molecule has 8 heteroatoms. The van der Waals surface area contributed by atoms with Crippen LogP contribution in [0.15, 0.2) is 72.8 Å². The topological polar surface area (TPSA) is 105 Å². The third-order valence-corrected chi connectivity index (χ3v) is 5.33. The van der Waals surface area contributed by atoms with Crippen molar-refractivity contribution in [3.63, 3.8) is 0 Å². The van der Waals surface area contributed by atoms with Crippen molar-refractivity contribution >= 4 is 34.6 Å². The Morgan fingerprint density at radius 2 is 1.62 bits per heavy atom. The second kappa shape index (κ2) is 9.30. The Hall–Kier alpha value is -4.20. The Labute approximate surface area is 185 Å². The number of non-ortho nitro benzene ring substituents is 1. The second-order valence-corrected chi connectivity index (χ2v) is 7.41. The van der Waals surface area contributed by atoms with Crippen molar-refractivity contribution in [3.05, 3.63) is 94.0 Å². The third kappa shape index (κ3) is 4.59. The lowest BCUT2D eigenvalue weighted by molar-refractivity contribution is -0.384.